The molecule has 0 unspecified atom stereocenters. The number of hydrogen-bond donors (Lipinski definition) is 1. The largest absolute Gasteiger partial charge is 0.488 e. The molecular weight excluding hydrogens is 296 g/mol. The molecule has 0 aliphatic rings. The summed E-state index contributed by atoms with van der Waals surface area (Å²) in [5.74, 6) is 1.06. The van der Waals surface area contributed by atoms with Crippen LogP contribution >= 0.6 is 15.9 Å². The van der Waals surface area contributed by atoms with E-state index in [4.69, 9.17) is 15.0 Å². The van der Waals surface area contributed by atoms with Gasteiger partial charge in [0.05, 0.1) is 4.47 Å². The van der Waals surface area contributed by atoms with Crippen LogP contribution in [0.25, 0.3) is 11.3 Å². The van der Waals surface area contributed by atoms with Crippen LogP contribution in [0.2, 0.25) is 0 Å². The predicted molar refractivity (Wildman–Crippen MR) is 74.4 cm³/mol. The minimum atomic E-state index is 0.295. The van der Waals surface area contributed by atoms with Crippen LogP contribution in [0.15, 0.2) is 45.4 Å². The fourth-order valence-electron chi connectivity index (χ4n) is 1.40. The van der Waals surface area contributed by atoms with E-state index in [1.54, 1.807) is 6.07 Å². The number of rotatable bonds is 4. The molecule has 1 aromatic heterocycles. The molecule has 1 aromatic carbocycles. The van der Waals surface area contributed by atoms with Crippen LogP contribution in [0, 0.1) is 0 Å². The van der Waals surface area contributed by atoms with E-state index in [-0.39, 0.29) is 0 Å². The molecule has 2 N–H and O–H groups in total. The van der Waals surface area contributed by atoms with Crippen molar-refractivity contribution in [3.8, 4) is 17.0 Å². The Hall–Kier alpha value is -1.75. The lowest BCUT2D eigenvalue weighted by atomic mass is 10.1. The molecule has 0 saturated carbocycles. The van der Waals surface area contributed by atoms with Gasteiger partial charge in [-0.2, -0.15) is 0 Å². The summed E-state index contributed by atoms with van der Waals surface area (Å²) in [7, 11) is 0. The van der Waals surface area contributed by atoms with Crippen LogP contribution < -0.4 is 10.5 Å². The molecule has 0 aliphatic heterocycles. The van der Waals surface area contributed by atoms with Gasteiger partial charge in [-0.25, -0.2) is 0 Å². The minimum Gasteiger partial charge on any atom is -0.488 e. The molecule has 2 aromatic rings. The van der Waals surface area contributed by atoms with Gasteiger partial charge in [0.25, 0.3) is 0 Å². The van der Waals surface area contributed by atoms with E-state index in [2.05, 4.69) is 27.7 Å². The zero-order chi connectivity index (χ0) is 13.1. The van der Waals surface area contributed by atoms with Crippen molar-refractivity contribution in [2.75, 3.05) is 12.3 Å². The third kappa shape index (κ3) is 2.92. The van der Waals surface area contributed by atoms with E-state index >= 15 is 0 Å². The highest BCUT2D eigenvalue weighted by molar-refractivity contribution is 9.10. The van der Waals surface area contributed by atoms with Crippen LogP contribution in [-0.4, -0.2) is 11.8 Å². The monoisotopic (exact) mass is 308 g/mol. The summed E-state index contributed by atoms with van der Waals surface area (Å²) in [4.78, 5) is 0. The number of nitrogens with zero attached hydrogens (tertiary/aromatic N) is 1. The molecule has 0 atom stereocenters. The lowest BCUT2D eigenvalue weighted by Crippen LogP contribution is -1.98. The van der Waals surface area contributed by atoms with E-state index in [9.17, 15) is 0 Å². The maximum Gasteiger partial charge on any atom is 0.222 e. The number of hydrogen-bond acceptors (Lipinski definition) is 4. The average Bonchev–Trinajstić information content (AvgIpc) is 2.74. The Kier molecular flexibility index (Phi) is 3.72. The molecule has 18 heavy (non-hydrogen) atoms. The summed E-state index contributed by atoms with van der Waals surface area (Å²) < 4.78 is 11.3. The standard InChI is InChI=1S/C13H13BrN2O2/c1-8(2)7-17-12-4-3-9(5-10(12)14)11-6-13(15)18-16-11/h3-6H,1,7,15H2,2H3. The number of benzene rings is 1. The van der Waals surface area contributed by atoms with E-state index < -0.39 is 0 Å². The normalized spacial score (nSPS) is 10.3. The summed E-state index contributed by atoms with van der Waals surface area (Å²) in [6.07, 6.45) is 0. The molecule has 0 aliphatic carbocycles. The van der Waals surface area contributed by atoms with Gasteiger partial charge in [-0.15, -0.1) is 0 Å². The maximum atomic E-state index is 5.58. The first-order valence-electron chi connectivity index (χ1n) is 5.35. The summed E-state index contributed by atoms with van der Waals surface area (Å²) in [6.45, 7) is 6.20. The molecule has 0 fully saturated rings. The highest BCUT2D eigenvalue weighted by Crippen LogP contribution is 2.31. The molecule has 2 rings (SSSR count). The number of ether oxygens (including phenoxy) is 1. The fourth-order valence-corrected chi connectivity index (χ4v) is 1.90. The maximum absolute atomic E-state index is 5.58. The van der Waals surface area contributed by atoms with Crippen molar-refractivity contribution < 1.29 is 9.26 Å². The third-order valence-corrected chi connectivity index (χ3v) is 2.85. The van der Waals surface area contributed by atoms with Gasteiger partial charge in [-0.3, -0.25) is 0 Å². The van der Waals surface area contributed by atoms with Crippen LogP contribution in [0.4, 0.5) is 5.88 Å². The summed E-state index contributed by atoms with van der Waals surface area (Å²) in [5, 5.41) is 3.86. The minimum absolute atomic E-state index is 0.295. The number of halogens is 1. The highest BCUT2D eigenvalue weighted by Gasteiger charge is 2.08. The third-order valence-electron chi connectivity index (χ3n) is 2.23. The average molecular weight is 309 g/mol. The van der Waals surface area contributed by atoms with Crippen molar-refractivity contribution >= 4 is 21.8 Å². The molecule has 1 heterocycles. The first kappa shape index (κ1) is 12.7. The Balaban J connectivity index is 2.22. The lowest BCUT2D eigenvalue weighted by molar-refractivity contribution is 0.350. The second-order valence-electron chi connectivity index (χ2n) is 4.01. The Morgan fingerprint density at radius 3 is 2.83 bits per heavy atom. The van der Waals surface area contributed by atoms with Gasteiger partial charge in [0, 0.05) is 11.6 Å². The predicted octanol–water partition coefficient (Wildman–Crippen LogP) is 3.64. The van der Waals surface area contributed by atoms with Gasteiger partial charge < -0.3 is 15.0 Å². The van der Waals surface area contributed by atoms with E-state index in [1.165, 1.54) is 0 Å². The number of aromatic nitrogens is 1. The first-order valence-corrected chi connectivity index (χ1v) is 6.15. The molecule has 0 amide bonds. The van der Waals surface area contributed by atoms with Gasteiger partial charge in [0.2, 0.25) is 5.88 Å². The van der Waals surface area contributed by atoms with Gasteiger partial charge in [0.15, 0.2) is 0 Å². The Morgan fingerprint density at radius 2 is 2.28 bits per heavy atom. The molecular formula is C13H13BrN2O2. The van der Waals surface area contributed by atoms with Crippen molar-refractivity contribution in [3.05, 3.63) is 40.9 Å². The van der Waals surface area contributed by atoms with Crippen molar-refractivity contribution in [2.24, 2.45) is 0 Å². The topological polar surface area (TPSA) is 61.3 Å². The summed E-state index contributed by atoms with van der Waals surface area (Å²) >= 11 is 3.46. The van der Waals surface area contributed by atoms with Crippen LogP contribution in [0.3, 0.4) is 0 Å². The van der Waals surface area contributed by atoms with E-state index in [0.717, 1.165) is 21.4 Å². The number of nitrogen functional groups attached to an aromatic ring is 1. The SMILES string of the molecule is C=C(C)COc1ccc(-c2cc(N)on2)cc1Br. The van der Waals surface area contributed by atoms with Gasteiger partial charge in [-0.05, 0) is 46.6 Å². The lowest BCUT2D eigenvalue weighted by Gasteiger charge is -2.08. The number of anilines is 1. The smallest absolute Gasteiger partial charge is 0.222 e. The Morgan fingerprint density at radius 1 is 1.50 bits per heavy atom. The van der Waals surface area contributed by atoms with E-state index in [0.29, 0.717) is 18.2 Å². The van der Waals surface area contributed by atoms with E-state index in [1.807, 2.05) is 25.1 Å². The first-order chi connectivity index (χ1) is 8.56. The zero-order valence-corrected chi connectivity index (χ0v) is 11.5. The fraction of sp³-hybridized carbons (Fsp3) is 0.154. The zero-order valence-electron chi connectivity index (χ0n) is 9.94. The molecule has 0 bridgehead atoms. The van der Waals surface area contributed by atoms with Crippen molar-refractivity contribution in [3.63, 3.8) is 0 Å². The van der Waals surface area contributed by atoms with Crippen molar-refractivity contribution in [1.29, 1.82) is 0 Å². The van der Waals surface area contributed by atoms with Crippen LogP contribution in [-0.2, 0) is 0 Å². The second kappa shape index (κ2) is 5.27. The van der Waals surface area contributed by atoms with Gasteiger partial charge >= 0.3 is 0 Å². The molecule has 4 nitrogen and oxygen atoms in total. The molecule has 0 radical (unpaired) electrons. The van der Waals surface area contributed by atoms with Crippen LogP contribution in [0.5, 0.6) is 5.75 Å². The van der Waals surface area contributed by atoms with Gasteiger partial charge in [-0.1, -0.05) is 11.7 Å². The quantitative estimate of drug-likeness (QED) is 0.876. The number of nitrogens with two attached hydrogens (primary N) is 1. The van der Waals surface area contributed by atoms with Crippen molar-refractivity contribution in [1.82, 2.24) is 5.16 Å². The molecule has 5 heteroatoms. The molecule has 0 spiro atoms. The summed E-state index contributed by atoms with van der Waals surface area (Å²) in [5.41, 5.74) is 8.06. The van der Waals surface area contributed by atoms with Crippen molar-refractivity contribution in [2.45, 2.75) is 6.92 Å². The second-order valence-corrected chi connectivity index (χ2v) is 4.86. The molecule has 94 valence electrons. The Labute approximate surface area is 114 Å². The van der Waals surface area contributed by atoms with Gasteiger partial charge in [0.1, 0.15) is 18.1 Å². The van der Waals surface area contributed by atoms with Crippen LogP contribution in [0.1, 0.15) is 6.92 Å². The summed E-state index contributed by atoms with van der Waals surface area (Å²) in [6, 6.07) is 7.35. The highest BCUT2D eigenvalue weighted by atomic mass is 79.9. The molecule has 0 saturated heterocycles. The Bertz CT molecular complexity index is 578.